The first kappa shape index (κ1) is 16.8. The fourth-order valence-corrected chi connectivity index (χ4v) is 1.94. The van der Waals surface area contributed by atoms with Crippen molar-refractivity contribution in [2.45, 2.75) is 6.29 Å². The number of rotatable bonds is 9. The number of aliphatic hydroxyl groups is 1. The molecule has 1 heterocycles. The number of nitrogens with zero attached hydrogens (tertiary/aromatic N) is 2. The lowest BCUT2D eigenvalue weighted by Gasteiger charge is -2.34. The summed E-state index contributed by atoms with van der Waals surface area (Å²) in [6, 6.07) is 0. The van der Waals surface area contributed by atoms with Gasteiger partial charge in [-0.25, -0.2) is 4.79 Å². The first-order valence-electron chi connectivity index (χ1n) is 6.82. The highest BCUT2D eigenvalue weighted by Gasteiger charge is 2.16. The van der Waals surface area contributed by atoms with E-state index in [1.807, 2.05) is 0 Å². The van der Waals surface area contributed by atoms with Gasteiger partial charge in [0.25, 0.3) is 0 Å². The molecule has 0 saturated carbocycles. The van der Waals surface area contributed by atoms with Crippen LogP contribution in [0.3, 0.4) is 0 Å². The van der Waals surface area contributed by atoms with Crippen LogP contribution >= 0.6 is 0 Å². The van der Waals surface area contributed by atoms with E-state index in [-0.39, 0.29) is 5.97 Å². The summed E-state index contributed by atoms with van der Waals surface area (Å²) in [6.07, 6.45) is 1.66. The Morgan fingerprint density at radius 2 is 1.70 bits per heavy atom. The number of carbonyl (C=O) groups is 1. The zero-order valence-corrected chi connectivity index (χ0v) is 11.9. The highest BCUT2D eigenvalue weighted by Crippen LogP contribution is 2.01. The highest BCUT2D eigenvalue weighted by molar-refractivity contribution is 5.81. The Balaban J connectivity index is 2.06. The van der Waals surface area contributed by atoms with Crippen LogP contribution in [0.5, 0.6) is 0 Å². The molecular formula is C14H24N2O4. The van der Waals surface area contributed by atoms with Crippen LogP contribution in [-0.2, 0) is 14.3 Å². The van der Waals surface area contributed by atoms with Crippen LogP contribution in [0, 0.1) is 0 Å². The van der Waals surface area contributed by atoms with Crippen LogP contribution in [0.4, 0.5) is 0 Å². The molecular weight excluding hydrogens is 260 g/mol. The van der Waals surface area contributed by atoms with Crippen LogP contribution in [0.1, 0.15) is 0 Å². The number of carbonyl (C=O) groups excluding carboxylic acids is 1. The van der Waals surface area contributed by atoms with Crippen molar-refractivity contribution in [2.24, 2.45) is 0 Å². The third-order valence-corrected chi connectivity index (χ3v) is 3.18. The summed E-state index contributed by atoms with van der Waals surface area (Å²) < 4.78 is 10.1. The maximum Gasteiger partial charge on any atom is 0.330 e. The molecule has 1 N–H and O–H groups in total. The molecule has 1 unspecified atom stereocenters. The minimum absolute atomic E-state index is 0.374. The van der Waals surface area contributed by atoms with E-state index in [1.54, 1.807) is 0 Å². The van der Waals surface area contributed by atoms with E-state index in [2.05, 4.69) is 23.0 Å². The zero-order chi connectivity index (χ0) is 14.8. The SMILES string of the molecule is C=CC(=O)OCCN1CCN(CCOC(O)C=C)CC1. The Kier molecular flexibility index (Phi) is 8.13. The summed E-state index contributed by atoms with van der Waals surface area (Å²) in [5.74, 6) is -0.374. The highest BCUT2D eigenvalue weighted by atomic mass is 16.6. The third-order valence-electron chi connectivity index (χ3n) is 3.18. The Hall–Kier alpha value is -1.21. The van der Waals surface area contributed by atoms with Crippen molar-refractivity contribution in [1.82, 2.24) is 9.80 Å². The molecule has 6 heteroatoms. The molecule has 0 bridgehead atoms. The molecule has 0 aliphatic carbocycles. The number of hydrogen-bond donors (Lipinski definition) is 1. The molecule has 0 amide bonds. The van der Waals surface area contributed by atoms with E-state index in [9.17, 15) is 9.90 Å². The average Bonchev–Trinajstić information content (AvgIpc) is 2.48. The molecule has 1 aliphatic rings. The number of esters is 1. The molecule has 1 atom stereocenters. The van der Waals surface area contributed by atoms with Gasteiger partial charge in [0, 0.05) is 45.3 Å². The molecule has 1 fully saturated rings. The van der Waals surface area contributed by atoms with Gasteiger partial charge in [-0.1, -0.05) is 13.2 Å². The van der Waals surface area contributed by atoms with E-state index < -0.39 is 6.29 Å². The van der Waals surface area contributed by atoms with E-state index in [4.69, 9.17) is 9.47 Å². The lowest BCUT2D eigenvalue weighted by Crippen LogP contribution is -2.48. The second kappa shape index (κ2) is 9.66. The number of hydrogen-bond acceptors (Lipinski definition) is 6. The maximum atomic E-state index is 10.9. The van der Waals surface area contributed by atoms with Gasteiger partial charge in [0.1, 0.15) is 6.61 Å². The van der Waals surface area contributed by atoms with E-state index >= 15 is 0 Å². The van der Waals surface area contributed by atoms with Crippen LogP contribution in [0.2, 0.25) is 0 Å². The maximum absolute atomic E-state index is 10.9. The first-order chi connectivity index (χ1) is 9.65. The van der Waals surface area contributed by atoms with Crippen LogP contribution in [0.15, 0.2) is 25.3 Å². The standard InChI is InChI=1S/C14H24N2O4/c1-3-13(17)19-11-9-15-5-7-16(8-6-15)10-12-20-14(18)4-2/h3-4,13,17H,1-2,5-12H2. The predicted octanol–water partition coefficient (Wildman–Crippen LogP) is -0.146. The molecule has 1 saturated heterocycles. The summed E-state index contributed by atoms with van der Waals surface area (Å²) in [4.78, 5) is 15.4. The molecule has 0 spiro atoms. The predicted molar refractivity (Wildman–Crippen MR) is 76.2 cm³/mol. The van der Waals surface area contributed by atoms with E-state index in [0.29, 0.717) is 13.2 Å². The van der Waals surface area contributed by atoms with Gasteiger partial charge < -0.3 is 14.6 Å². The van der Waals surface area contributed by atoms with Crippen molar-refractivity contribution >= 4 is 5.97 Å². The van der Waals surface area contributed by atoms with E-state index in [1.165, 1.54) is 12.2 Å². The Morgan fingerprint density at radius 1 is 1.15 bits per heavy atom. The summed E-state index contributed by atoms with van der Waals surface area (Å²) >= 11 is 0. The van der Waals surface area contributed by atoms with Gasteiger partial charge >= 0.3 is 5.97 Å². The van der Waals surface area contributed by atoms with Crippen LogP contribution in [0.25, 0.3) is 0 Å². The molecule has 0 radical (unpaired) electrons. The van der Waals surface area contributed by atoms with Crippen LogP contribution < -0.4 is 0 Å². The van der Waals surface area contributed by atoms with Gasteiger partial charge in [-0.2, -0.15) is 0 Å². The molecule has 0 aromatic carbocycles. The Bertz CT molecular complexity index is 314. The van der Waals surface area contributed by atoms with Crippen molar-refractivity contribution < 1.29 is 19.4 Å². The fraction of sp³-hybridized carbons (Fsp3) is 0.643. The van der Waals surface area contributed by atoms with Gasteiger partial charge in [-0.05, 0) is 6.08 Å². The quantitative estimate of drug-likeness (QED) is 0.275. The van der Waals surface area contributed by atoms with Crippen molar-refractivity contribution in [2.75, 3.05) is 52.5 Å². The largest absolute Gasteiger partial charge is 0.461 e. The first-order valence-corrected chi connectivity index (χ1v) is 6.82. The smallest absolute Gasteiger partial charge is 0.330 e. The van der Waals surface area contributed by atoms with Crippen molar-refractivity contribution in [3.8, 4) is 0 Å². The Morgan fingerprint density at radius 3 is 2.20 bits per heavy atom. The molecule has 1 aliphatic heterocycles. The fourth-order valence-electron chi connectivity index (χ4n) is 1.94. The summed E-state index contributed by atoms with van der Waals surface area (Å²) in [5.41, 5.74) is 0. The summed E-state index contributed by atoms with van der Waals surface area (Å²) in [7, 11) is 0. The lowest BCUT2D eigenvalue weighted by atomic mass is 10.3. The van der Waals surface area contributed by atoms with Gasteiger partial charge in [0.05, 0.1) is 6.61 Å². The minimum Gasteiger partial charge on any atom is -0.461 e. The number of aliphatic hydroxyl groups excluding tert-OH is 1. The number of piperazine rings is 1. The molecule has 114 valence electrons. The molecule has 0 aromatic heterocycles. The molecule has 20 heavy (non-hydrogen) atoms. The molecule has 1 rings (SSSR count). The van der Waals surface area contributed by atoms with Gasteiger partial charge in [-0.3, -0.25) is 9.80 Å². The monoisotopic (exact) mass is 284 g/mol. The normalized spacial score (nSPS) is 18.4. The van der Waals surface area contributed by atoms with Crippen molar-refractivity contribution in [3.05, 3.63) is 25.3 Å². The third kappa shape index (κ3) is 6.81. The Labute approximate surface area is 120 Å². The van der Waals surface area contributed by atoms with Gasteiger partial charge in [-0.15, -0.1) is 0 Å². The molecule has 6 nitrogen and oxygen atoms in total. The second-order valence-corrected chi connectivity index (χ2v) is 4.55. The minimum atomic E-state index is -0.879. The van der Waals surface area contributed by atoms with Crippen molar-refractivity contribution in [3.63, 3.8) is 0 Å². The number of ether oxygens (including phenoxy) is 2. The second-order valence-electron chi connectivity index (χ2n) is 4.55. The van der Waals surface area contributed by atoms with Gasteiger partial charge in [0.2, 0.25) is 0 Å². The van der Waals surface area contributed by atoms with Crippen molar-refractivity contribution in [1.29, 1.82) is 0 Å². The molecule has 0 aromatic rings. The van der Waals surface area contributed by atoms with Gasteiger partial charge in [0.15, 0.2) is 6.29 Å². The van der Waals surface area contributed by atoms with Crippen LogP contribution in [-0.4, -0.2) is 79.6 Å². The average molecular weight is 284 g/mol. The summed E-state index contributed by atoms with van der Waals surface area (Å²) in [5, 5.41) is 9.18. The summed E-state index contributed by atoms with van der Waals surface area (Å²) in [6.45, 7) is 13.0. The topological polar surface area (TPSA) is 62.2 Å². The van der Waals surface area contributed by atoms with E-state index in [0.717, 1.165) is 39.3 Å². The zero-order valence-electron chi connectivity index (χ0n) is 11.9. The lowest BCUT2D eigenvalue weighted by molar-refractivity contribution is -0.138.